The molecule has 1 saturated carbocycles. The number of nitrogens with zero attached hydrogens (tertiary/aromatic N) is 2. The van der Waals surface area contributed by atoms with Crippen LogP contribution in [0.5, 0.6) is 0 Å². The Morgan fingerprint density at radius 1 is 1.08 bits per heavy atom. The third-order valence-corrected chi connectivity index (χ3v) is 6.32. The normalized spacial score (nSPS) is 31.6. The number of hydrogen-bond acceptors (Lipinski definition) is 3. The van der Waals surface area contributed by atoms with E-state index in [0.717, 1.165) is 58.5 Å². The molecule has 136 valence electrons. The minimum atomic E-state index is 0.255. The molecule has 0 aromatic heterocycles. The lowest BCUT2D eigenvalue weighted by Gasteiger charge is -2.44. The molecule has 0 N–H and O–H groups in total. The molecule has 3 fully saturated rings. The van der Waals surface area contributed by atoms with E-state index in [1.54, 1.807) is 0 Å². The van der Waals surface area contributed by atoms with E-state index in [1.807, 2.05) is 0 Å². The predicted octanol–water partition coefficient (Wildman–Crippen LogP) is 2.89. The number of carbonyl (C=O) groups is 1. The summed E-state index contributed by atoms with van der Waals surface area (Å²) in [4.78, 5) is 17.5. The second-order valence-electron chi connectivity index (χ2n) is 8.01. The van der Waals surface area contributed by atoms with Gasteiger partial charge in [-0.1, -0.05) is 30.3 Å². The summed E-state index contributed by atoms with van der Waals surface area (Å²) in [5.41, 5.74) is 1.40. The lowest BCUT2D eigenvalue weighted by molar-refractivity contribution is -0.141. The summed E-state index contributed by atoms with van der Waals surface area (Å²) in [6.07, 6.45) is 4.65. The largest absolute Gasteiger partial charge is 0.376 e. The van der Waals surface area contributed by atoms with Gasteiger partial charge in [0.2, 0.25) is 5.91 Å². The SMILES string of the molecule is C[C@H]1CN(C2CCN(C(=O)C3CC(c4ccccc4)C3)CC2)CCO1. The number of hydrogen-bond donors (Lipinski definition) is 0. The second-order valence-corrected chi connectivity index (χ2v) is 8.01. The summed E-state index contributed by atoms with van der Waals surface area (Å²) < 4.78 is 5.65. The first-order valence-corrected chi connectivity index (χ1v) is 9.90. The average Bonchev–Trinajstić information content (AvgIpc) is 2.61. The first-order chi connectivity index (χ1) is 12.2. The molecule has 2 saturated heterocycles. The van der Waals surface area contributed by atoms with Crippen molar-refractivity contribution in [2.45, 2.75) is 50.7 Å². The van der Waals surface area contributed by atoms with Crippen LogP contribution in [0, 0.1) is 5.92 Å². The number of amides is 1. The van der Waals surface area contributed by atoms with Crippen LogP contribution in [0.3, 0.4) is 0 Å². The Morgan fingerprint density at radius 2 is 1.80 bits per heavy atom. The minimum Gasteiger partial charge on any atom is -0.376 e. The highest BCUT2D eigenvalue weighted by molar-refractivity contribution is 5.80. The lowest BCUT2D eigenvalue weighted by Crippen LogP contribution is -2.53. The third kappa shape index (κ3) is 3.75. The molecule has 1 amide bonds. The Hall–Kier alpha value is -1.39. The van der Waals surface area contributed by atoms with Gasteiger partial charge >= 0.3 is 0 Å². The zero-order valence-corrected chi connectivity index (χ0v) is 15.3. The van der Waals surface area contributed by atoms with Crippen molar-refractivity contribution in [3.8, 4) is 0 Å². The highest BCUT2D eigenvalue weighted by Gasteiger charge is 2.39. The number of likely N-dealkylation sites (tertiary alicyclic amines) is 1. The Morgan fingerprint density at radius 3 is 2.48 bits per heavy atom. The molecule has 0 bridgehead atoms. The van der Waals surface area contributed by atoms with Crippen molar-refractivity contribution >= 4 is 5.91 Å². The number of ether oxygens (including phenoxy) is 1. The first kappa shape index (κ1) is 17.0. The van der Waals surface area contributed by atoms with Crippen LogP contribution in [0.15, 0.2) is 30.3 Å². The van der Waals surface area contributed by atoms with E-state index in [9.17, 15) is 4.79 Å². The summed E-state index contributed by atoms with van der Waals surface area (Å²) in [5, 5.41) is 0. The van der Waals surface area contributed by atoms with E-state index in [4.69, 9.17) is 4.74 Å². The van der Waals surface area contributed by atoms with Crippen LogP contribution < -0.4 is 0 Å². The van der Waals surface area contributed by atoms with Crippen LogP contribution in [0.1, 0.15) is 44.1 Å². The van der Waals surface area contributed by atoms with Crippen LogP contribution in [0.25, 0.3) is 0 Å². The first-order valence-electron chi connectivity index (χ1n) is 9.90. The van der Waals surface area contributed by atoms with Crippen molar-refractivity contribution in [3.63, 3.8) is 0 Å². The van der Waals surface area contributed by atoms with Gasteiger partial charge in [-0.2, -0.15) is 0 Å². The Balaban J connectivity index is 1.24. The van der Waals surface area contributed by atoms with Gasteiger partial charge in [-0.15, -0.1) is 0 Å². The van der Waals surface area contributed by atoms with Gasteiger partial charge in [0.15, 0.2) is 0 Å². The Kier molecular flexibility index (Phi) is 5.09. The molecule has 1 aliphatic carbocycles. The maximum Gasteiger partial charge on any atom is 0.225 e. The fraction of sp³-hybridized carbons (Fsp3) is 0.667. The molecule has 1 atom stereocenters. The van der Waals surface area contributed by atoms with E-state index in [2.05, 4.69) is 47.1 Å². The number of piperidine rings is 1. The summed E-state index contributed by atoms with van der Waals surface area (Å²) in [6, 6.07) is 11.3. The van der Waals surface area contributed by atoms with Gasteiger partial charge in [0, 0.05) is 38.1 Å². The van der Waals surface area contributed by atoms with Gasteiger partial charge < -0.3 is 9.64 Å². The molecule has 1 aromatic rings. The van der Waals surface area contributed by atoms with Gasteiger partial charge in [0.05, 0.1) is 12.7 Å². The third-order valence-electron chi connectivity index (χ3n) is 6.32. The second kappa shape index (κ2) is 7.46. The molecular formula is C21H30N2O2. The van der Waals surface area contributed by atoms with Crippen LogP contribution in [0.4, 0.5) is 0 Å². The molecule has 1 aromatic carbocycles. The molecule has 0 spiro atoms. The van der Waals surface area contributed by atoms with Gasteiger partial charge in [0.25, 0.3) is 0 Å². The highest BCUT2D eigenvalue weighted by Crippen LogP contribution is 2.42. The predicted molar refractivity (Wildman–Crippen MR) is 98.5 cm³/mol. The summed E-state index contributed by atoms with van der Waals surface area (Å²) in [5.74, 6) is 1.24. The van der Waals surface area contributed by atoms with Crippen molar-refractivity contribution in [1.82, 2.24) is 9.80 Å². The molecule has 4 nitrogen and oxygen atoms in total. The molecule has 2 aliphatic heterocycles. The highest BCUT2D eigenvalue weighted by atomic mass is 16.5. The summed E-state index contributed by atoms with van der Waals surface area (Å²) in [6.45, 7) is 6.96. The van der Waals surface area contributed by atoms with Crippen molar-refractivity contribution in [2.75, 3.05) is 32.8 Å². The molecule has 0 radical (unpaired) electrons. The van der Waals surface area contributed by atoms with Crippen LogP contribution in [-0.4, -0.2) is 60.6 Å². The average molecular weight is 342 g/mol. The monoisotopic (exact) mass is 342 g/mol. The molecule has 3 aliphatic rings. The summed E-state index contributed by atoms with van der Waals surface area (Å²) in [7, 11) is 0. The van der Waals surface area contributed by atoms with Crippen molar-refractivity contribution in [2.24, 2.45) is 5.92 Å². The van der Waals surface area contributed by atoms with E-state index >= 15 is 0 Å². The van der Waals surface area contributed by atoms with Gasteiger partial charge in [0.1, 0.15) is 0 Å². The van der Waals surface area contributed by atoms with Crippen LogP contribution in [0.2, 0.25) is 0 Å². The molecule has 4 rings (SSSR count). The fourth-order valence-electron chi connectivity index (χ4n) is 4.70. The standard InChI is InChI=1S/C21H30N2O2/c1-16-15-23(11-12-25-16)20-7-9-22(10-8-20)21(24)19-13-18(14-19)17-5-3-2-4-6-17/h2-6,16,18-20H,7-15H2,1H3/t16-,18?,19?/m0/s1. The van der Waals surface area contributed by atoms with Crippen molar-refractivity contribution in [3.05, 3.63) is 35.9 Å². The Bertz CT molecular complexity index is 577. The van der Waals surface area contributed by atoms with Crippen LogP contribution in [-0.2, 0) is 9.53 Å². The van der Waals surface area contributed by atoms with Gasteiger partial charge in [-0.05, 0) is 44.1 Å². The topological polar surface area (TPSA) is 32.8 Å². The number of benzene rings is 1. The van der Waals surface area contributed by atoms with E-state index in [0.29, 0.717) is 24.0 Å². The van der Waals surface area contributed by atoms with E-state index in [-0.39, 0.29) is 5.92 Å². The molecule has 4 heteroatoms. The zero-order chi connectivity index (χ0) is 17.2. The van der Waals surface area contributed by atoms with Gasteiger partial charge in [-0.25, -0.2) is 0 Å². The zero-order valence-electron chi connectivity index (χ0n) is 15.3. The van der Waals surface area contributed by atoms with Crippen LogP contribution >= 0.6 is 0 Å². The van der Waals surface area contributed by atoms with Crippen molar-refractivity contribution in [1.29, 1.82) is 0 Å². The quantitative estimate of drug-likeness (QED) is 0.847. The molecular weight excluding hydrogens is 312 g/mol. The molecule has 25 heavy (non-hydrogen) atoms. The fourth-order valence-corrected chi connectivity index (χ4v) is 4.70. The van der Waals surface area contributed by atoms with E-state index in [1.165, 1.54) is 5.56 Å². The Labute approximate surface area is 151 Å². The maximum atomic E-state index is 12.8. The van der Waals surface area contributed by atoms with E-state index < -0.39 is 0 Å². The minimum absolute atomic E-state index is 0.255. The number of carbonyl (C=O) groups excluding carboxylic acids is 1. The molecule has 2 heterocycles. The molecule has 0 unspecified atom stereocenters. The smallest absolute Gasteiger partial charge is 0.225 e. The maximum absolute atomic E-state index is 12.8. The lowest BCUT2D eigenvalue weighted by atomic mass is 9.70. The number of rotatable bonds is 3. The summed E-state index contributed by atoms with van der Waals surface area (Å²) >= 11 is 0. The van der Waals surface area contributed by atoms with Gasteiger partial charge in [-0.3, -0.25) is 9.69 Å². The number of morpholine rings is 1. The van der Waals surface area contributed by atoms with Crippen molar-refractivity contribution < 1.29 is 9.53 Å².